The average molecular weight is 308 g/mol. The van der Waals surface area contributed by atoms with Crippen molar-refractivity contribution >= 4 is 10.1 Å². The molecular weight excluding hydrogens is 284 g/mol. The Morgan fingerprint density at radius 1 is 0.905 bits per heavy atom. The highest BCUT2D eigenvalue weighted by Crippen LogP contribution is 2.13. The molecule has 0 N–H and O–H groups in total. The Morgan fingerprint density at radius 3 is 2.10 bits per heavy atom. The lowest BCUT2D eigenvalue weighted by atomic mass is 10.1. The van der Waals surface area contributed by atoms with E-state index >= 15 is 0 Å². The van der Waals surface area contributed by atoms with Gasteiger partial charge in [-0.15, -0.1) is 12.3 Å². The van der Waals surface area contributed by atoms with Gasteiger partial charge in [-0.3, -0.25) is 4.18 Å². The Bertz CT molecular complexity index is 515. The van der Waals surface area contributed by atoms with Crippen LogP contribution in [0, 0.1) is 12.3 Å². The van der Waals surface area contributed by atoms with Gasteiger partial charge in [-0.25, -0.2) is 0 Å². The first-order valence-corrected chi connectivity index (χ1v) is 8.95. The molecule has 0 atom stereocenters. The molecule has 0 unspecified atom stereocenters. The van der Waals surface area contributed by atoms with Crippen molar-refractivity contribution in [1.29, 1.82) is 0 Å². The van der Waals surface area contributed by atoms with Crippen LogP contribution in [-0.2, 0) is 14.3 Å². The van der Waals surface area contributed by atoms with Crippen LogP contribution in [0.5, 0.6) is 0 Å². The van der Waals surface area contributed by atoms with Gasteiger partial charge in [0.05, 0.1) is 11.5 Å². The smallest absolute Gasteiger partial charge is 0.266 e. The van der Waals surface area contributed by atoms with Crippen molar-refractivity contribution in [1.82, 2.24) is 0 Å². The van der Waals surface area contributed by atoms with Crippen LogP contribution in [0.25, 0.3) is 0 Å². The maximum absolute atomic E-state index is 11.8. The second kappa shape index (κ2) is 10.4. The van der Waals surface area contributed by atoms with E-state index < -0.39 is 10.1 Å². The van der Waals surface area contributed by atoms with Crippen LogP contribution >= 0.6 is 0 Å². The van der Waals surface area contributed by atoms with Crippen molar-refractivity contribution in [2.45, 2.75) is 56.3 Å². The van der Waals surface area contributed by atoms with Gasteiger partial charge >= 0.3 is 0 Å². The zero-order valence-electron chi connectivity index (χ0n) is 12.5. The van der Waals surface area contributed by atoms with Gasteiger partial charge in [-0.05, 0) is 25.0 Å². The Kier molecular flexibility index (Phi) is 8.80. The first-order chi connectivity index (χ1) is 10.2. The second-order valence-electron chi connectivity index (χ2n) is 5.02. The largest absolute Gasteiger partial charge is 0.296 e. The average Bonchev–Trinajstić information content (AvgIpc) is 2.50. The number of hydrogen-bond acceptors (Lipinski definition) is 3. The van der Waals surface area contributed by atoms with Gasteiger partial charge in [-0.1, -0.05) is 50.3 Å². The monoisotopic (exact) mass is 308 g/mol. The van der Waals surface area contributed by atoms with E-state index in [1.54, 1.807) is 30.3 Å². The molecule has 0 bridgehead atoms. The number of unbranched alkanes of at least 4 members (excludes halogenated alkanes) is 7. The van der Waals surface area contributed by atoms with Crippen molar-refractivity contribution in [3.63, 3.8) is 0 Å². The lowest BCUT2D eigenvalue weighted by Gasteiger charge is -2.05. The highest BCUT2D eigenvalue weighted by Gasteiger charge is 2.13. The molecule has 0 spiro atoms. The summed E-state index contributed by atoms with van der Waals surface area (Å²) in [5, 5.41) is 0. The van der Waals surface area contributed by atoms with E-state index in [2.05, 4.69) is 5.92 Å². The molecule has 116 valence electrons. The lowest BCUT2D eigenvalue weighted by Crippen LogP contribution is -2.07. The fourth-order valence-corrected chi connectivity index (χ4v) is 3.00. The Labute approximate surface area is 128 Å². The van der Waals surface area contributed by atoms with Crippen LogP contribution in [0.2, 0.25) is 0 Å². The number of benzene rings is 1. The summed E-state index contributed by atoms with van der Waals surface area (Å²) in [7, 11) is -3.59. The van der Waals surface area contributed by atoms with E-state index in [9.17, 15) is 8.42 Å². The van der Waals surface area contributed by atoms with Gasteiger partial charge in [0.1, 0.15) is 0 Å². The molecule has 0 amide bonds. The first-order valence-electron chi connectivity index (χ1n) is 7.55. The van der Waals surface area contributed by atoms with Gasteiger partial charge < -0.3 is 0 Å². The number of rotatable bonds is 11. The molecule has 1 aromatic rings. The molecule has 1 aromatic carbocycles. The van der Waals surface area contributed by atoms with Crippen molar-refractivity contribution < 1.29 is 12.6 Å². The van der Waals surface area contributed by atoms with Crippen LogP contribution < -0.4 is 0 Å². The minimum atomic E-state index is -3.59. The molecular formula is C17H24O3S. The van der Waals surface area contributed by atoms with Crippen molar-refractivity contribution in [3.8, 4) is 12.3 Å². The minimum absolute atomic E-state index is 0.221. The summed E-state index contributed by atoms with van der Waals surface area (Å²) in [5.41, 5.74) is 0. The minimum Gasteiger partial charge on any atom is -0.266 e. The zero-order chi connectivity index (χ0) is 15.4. The van der Waals surface area contributed by atoms with Gasteiger partial charge in [0, 0.05) is 6.42 Å². The molecule has 0 heterocycles. The summed E-state index contributed by atoms with van der Waals surface area (Å²) < 4.78 is 28.7. The SMILES string of the molecule is C#CCCCCCCCCCOS(=O)(=O)c1ccccc1. The standard InChI is InChI=1S/C17H24O3S/c1-2-3-4-5-6-7-8-9-13-16-20-21(18,19)17-14-11-10-12-15-17/h1,10-12,14-15H,3-9,13,16H2. The molecule has 0 saturated heterocycles. The molecule has 21 heavy (non-hydrogen) atoms. The lowest BCUT2D eigenvalue weighted by molar-refractivity contribution is 0.306. The first kappa shape index (κ1) is 17.7. The molecule has 0 saturated carbocycles. The molecule has 0 aliphatic carbocycles. The maximum Gasteiger partial charge on any atom is 0.296 e. The molecule has 0 radical (unpaired) electrons. The van der Waals surface area contributed by atoms with Crippen molar-refractivity contribution in [2.24, 2.45) is 0 Å². The molecule has 0 aliphatic rings. The summed E-state index contributed by atoms with van der Waals surface area (Å²) in [6.07, 6.45) is 13.6. The summed E-state index contributed by atoms with van der Waals surface area (Å²) >= 11 is 0. The predicted molar refractivity (Wildman–Crippen MR) is 85.3 cm³/mol. The van der Waals surface area contributed by atoms with Crippen LogP contribution in [0.15, 0.2) is 35.2 Å². The second-order valence-corrected chi connectivity index (χ2v) is 6.63. The zero-order valence-corrected chi connectivity index (χ0v) is 13.3. The van der Waals surface area contributed by atoms with Crippen LogP contribution in [-0.4, -0.2) is 15.0 Å². The topological polar surface area (TPSA) is 43.4 Å². The van der Waals surface area contributed by atoms with Crippen LogP contribution in [0.3, 0.4) is 0 Å². The van der Waals surface area contributed by atoms with Gasteiger partial charge in [-0.2, -0.15) is 8.42 Å². The number of hydrogen-bond donors (Lipinski definition) is 0. The van der Waals surface area contributed by atoms with E-state index in [-0.39, 0.29) is 11.5 Å². The summed E-state index contributed by atoms with van der Waals surface area (Å²) in [4.78, 5) is 0.221. The fourth-order valence-electron chi connectivity index (χ4n) is 2.04. The van der Waals surface area contributed by atoms with Crippen molar-refractivity contribution in [2.75, 3.05) is 6.61 Å². The van der Waals surface area contributed by atoms with Gasteiger partial charge in [0.15, 0.2) is 0 Å². The quantitative estimate of drug-likeness (QED) is 0.350. The van der Waals surface area contributed by atoms with E-state index in [4.69, 9.17) is 10.6 Å². The molecule has 1 rings (SSSR count). The van der Waals surface area contributed by atoms with Crippen LogP contribution in [0.4, 0.5) is 0 Å². The van der Waals surface area contributed by atoms with Crippen molar-refractivity contribution in [3.05, 3.63) is 30.3 Å². The third-order valence-electron chi connectivity index (χ3n) is 3.24. The van der Waals surface area contributed by atoms with E-state index in [1.165, 1.54) is 19.3 Å². The molecule has 0 aliphatic heterocycles. The van der Waals surface area contributed by atoms with Crippen LogP contribution in [0.1, 0.15) is 51.4 Å². The van der Waals surface area contributed by atoms with E-state index in [0.717, 1.165) is 32.1 Å². The Hall–Kier alpha value is -1.31. The summed E-state index contributed by atoms with van der Waals surface area (Å²) in [6.45, 7) is 0.258. The van der Waals surface area contributed by atoms with E-state index in [1.807, 2.05) is 0 Å². The highest BCUT2D eigenvalue weighted by atomic mass is 32.2. The van der Waals surface area contributed by atoms with Gasteiger partial charge in [0.25, 0.3) is 10.1 Å². The molecule has 3 nitrogen and oxygen atoms in total. The molecule has 0 fully saturated rings. The van der Waals surface area contributed by atoms with E-state index in [0.29, 0.717) is 0 Å². The highest BCUT2D eigenvalue weighted by molar-refractivity contribution is 7.86. The third kappa shape index (κ3) is 7.89. The Morgan fingerprint density at radius 2 is 1.48 bits per heavy atom. The summed E-state index contributed by atoms with van der Waals surface area (Å²) in [5.74, 6) is 2.64. The summed E-state index contributed by atoms with van der Waals surface area (Å²) in [6, 6.07) is 8.26. The van der Waals surface area contributed by atoms with Gasteiger partial charge in [0.2, 0.25) is 0 Å². The number of terminal acetylenes is 1. The molecule has 4 heteroatoms. The maximum atomic E-state index is 11.8. The Balaban J connectivity index is 2.06. The molecule has 0 aromatic heterocycles. The normalized spacial score (nSPS) is 11.2. The third-order valence-corrected chi connectivity index (χ3v) is 4.56. The predicted octanol–water partition coefficient (Wildman–Crippen LogP) is 4.15. The fraction of sp³-hybridized carbons (Fsp3) is 0.529.